The first-order valence-corrected chi connectivity index (χ1v) is 8.40. The molecule has 120 valence electrons. The van der Waals surface area contributed by atoms with Crippen LogP contribution in [0.25, 0.3) is 0 Å². The van der Waals surface area contributed by atoms with Crippen LogP contribution in [-0.2, 0) is 19.7 Å². The van der Waals surface area contributed by atoms with E-state index in [0.29, 0.717) is 32.7 Å². The molecule has 0 saturated carbocycles. The third-order valence-corrected chi connectivity index (χ3v) is 6.29. The summed E-state index contributed by atoms with van der Waals surface area (Å²) in [4.78, 5) is 27.5. The largest absolute Gasteiger partial charge is 0.481 e. The number of carboxylic acids is 1. The van der Waals surface area contributed by atoms with Crippen molar-refractivity contribution in [3.63, 3.8) is 0 Å². The van der Waals surface area contributed by atoms with E-state index < -0.39 is 16.8 Å². The minimum absolute atomic E-state index is 0.00461. The molecule has 2 atom stereocenters. The summed E-state index contributed by atoms with van der Waals surface area (Å²) in [6, 6.07) is 3.90. The van der Waals surface area contributed by atoms with E-state index in [4.69, 9.17) is 4.74 Å². The van der Waals surface area contributed by atoms with Crippen molar-refractivity contribution in [1.29, 1.82) is 0 Å². The number of likely N-dealkylation sites (tertiary alicyclic amines) is 1. The molecule has 1 aromatic rings. The number of hydrogen-bond donors (Lipinski definition) is 1. The Kier molecular flexibility index (Phi) is 3.77. The summed E-state index contributed by atoms with van der Waals surface area (Å²) in [6.07, 6.45) is 0.482. The zero-order valence-electron chi connectivity index (χ0n) is 12.9. The lowest BCUT2D eigenvalue weighted by atomic mass is 9.74. The van der Waals surface area contributed by atoms with E-state index in [1.807, 2.05) is 31.4 Å². The maximum absolute atomic E-state index is 13.0. The predicted octanol–water partition coefficient (Wildman–Crippen LogP) is 1.98. The minimum atomic E-state index is -0.834. The normalized spacial score (nSPS) is 28.5. The van der Waals surface area contributed by atoms with Crippen molar-refractivity contribution in [2.75, 3.05) is 26.3 Å². The molecule has 3 rings (SSSR count). The summed E-state index contributed by atoms with van der Waals surface area (Å²) >= 11 is 1.56. The van der Waals surface area contributed by atoms with Crippen LogP contribution in [-0.4, -0.2) is 48.2 Å². The van der Waals surface area contributed by atoms with Crippen LogP contribution < -0.4 is 0 Å². The molecule has 0 aliphatic carbocycles. The van der Waals surface area contributed by atoms with Gasteiger partial charge in [0.05, 0.1) is 17.4 Å². The fraction of sp³-hybridized carbons (Fsp3) is 0.625. The van der Waals surface area contributed by atoms with Crippen LogP contribution >= 0.6 is 11.3 Å². The van der Waals surface area contributed by atoms with Crippen LogP contribution in [0.3, 0.4) is 0 Å². The van der Waals surface area contributed by atoms with Gasteiger partial charge in [-0.2, -0.15) is 0 Å². The van der Waals surface area contributed by atoms with E-state index in [9.17, 15) is 14.7 Å². The average molecular weight is 323 g/mol. The van der Waals surface area contributed by atoms with Crippen LogP contribution in [0.4, 0.5) is 0 Å². The second kappa shape index (κ2) is 5.35. The van der Waals surface area contributed by atoms with Gasteiger partial charge in [-0.1, -0.05) is 6.07 Å². The fourth-order valence-corrected chi connectivity index (χ4v) is 4.43. The second-order valence-electron chi connectivity index (χ2n) is 6.77. The Morgan fingerprint density at radius 3 is 2.86 bits per heavy atom. The molecule has 5 nitrogen and oxygen atoms in total. The highest BCUT2D eigenvalue weighted by atomic mass is 32.1. The number of carbonyl (C=O) groups excluding carboxylic acids is 1. The molecular formula is C16H21NO4S. The van der Waals surface area contributed by atoms with Gasteiger partial charge < -0.3 is 14.7 Å². The van der Waals surface area contributed by atoms with E-state index in [2.05, 4.69) is 0 Å². The molecule has 1 aromatic heterocycles. The van der Waals surface area contributed by atoms with Gasteiger partial charge in [0.2, 0.25) is 5.91 Å². The Labute approximate surface area is 133 Å². The van der Waals surface area contributed by atoms with E-state index >= 15 is 0 Å². The first-order valence-electron chi connectivity index (χ1n) is 7.52. The topological polar surface area (TPSA) is 66.8 Å². The van der Waals surface area contributed by atoms with Crippen molar-refractivity contribution in [3.8, 4) is 0 Å². The van der Waals surface area contributed by atoms with Gasteiger partial charge in [0.25, 0.3) is 0 Å². The van der Waals surface area contributed by atoms with Gasteiger partial charge in [-0.25, -0.2) is 0 Å². The van der Waals surface area contributed by atoms with E-state index in [0.717, 1.165) is 4.88 Å². The van der Waals surface area contributed by atoms with Crippen molar-refractivity contribution in [1.82, 2.24) is 4.90 Å². The molecule has 2 aliphatic rings. The molecule has 0 radical (unpaired) electrons. The summed E-state index contributed by atoms with van der Waals surface area (Å²) in [7, 11) is 0. The van der Waals surface area contributed by atoms with Crippen molar-refractivity contribution in [2.45, 2.75) is 25.7 Å². The Bertz CT molecular complexity index is 583. The average Bonchev–Trinajstić information content (AvgIpc) is 3.14. The Morgan fingerprint density at radius 1 is 1.50 bits per heavy atom. The van der Waals surface area contributed by atoms with Gasteiger partial charge in [-0.05, 0) is 31.7 Å². The summed E-state index contributed by atoms with van der Waals surface area (Å²) in [6.45, 7) is 5.47. The summed E-state index contributed by atoms with van der Waals surface area (Å²) in [5.41, 5.74) is -1.46. The smallest absolute Gasteiger partial charge is 0.311 e. The zero-order chi connectivity index (χ0) is 16.0. The number of nitrogens with zero attached hydrogens (tertiary/aromatic N) is 1. The van der Waals surface area contributed by atoms with Gasteiger partial charge in [0, 0.05) is 30.5 Å². The second-order valence-corrected chi connectivity index (χ2v) is 7.72. The molecule has 3 heterocycles. The number of thiophene rings is 1. The summed E-state index contributed by atoms with van der Waals surface area (Å²) in [5, 5.41) is 11.7. The van der Waals surface area contributed by atoms with Crippen LogP contribution in [0.5, 0.6) is 0 Å². The number of carboxylic acid groups (broad SMARTS) is 1. The van der Waals surface area contributed by atoms with Crippen LogP contribution in [0.2, 0.25) is 0 Å². The number of aliphatic carboxylic acids is 1. The highest BCUT2D eigenvalue weighted by Gasteiger charge is 2.56. The summed E-state index contributed by atoms with van der Waals surface area (Å²) < 4.78 is 5.45. The number of carbonyl (C=O) groups is 2. The maximum Gasteiger partial charge on any atom is 0.311 e. The Morgan fingerprint density at radius 2 is 2.27 bits per heavy atom. The highest BCUT2D eigenvalue weighted by molar-refractivity contribution is 7.10. The van der Waals surface area contributed by atoms with Crippen molar-refractivity contribution >= 4 is 23.2 Å². The number of rotatable bonds is 3. The third kappa shape index (κ3) is 2.25. The first-order chi connectivity index (χ1) is 10.4. The van der Waals surface area contributed by atoms with Crippen molar-refractivity contribution in [3.05, 3.63) is 22.4 Å². The number of amides is 1. The lowest BCUT2D eigenvalue weighted by Gasteiger charge is -2.34. The molecule has 6 heteroatoms. The molecule has 2 saturated heterocycles. The summed E-state index contributed by atoms with van der Waals surface area (Å²) in [5.74, 6) is -0.906. The minimum Gasteiger partial charge on any atom is -0.481 e. The molecule has 1 amide bonds. The first kappa shape index (κ1) is 15.5. The SMILES string of the molecule is CC(C)(C(=O)N1C[C@H]2COCC[C@@]2(C(=O)O)C1)c1cccs1. The molecule has 2 fully saturated rings. The Hall–Kier alpha value is -1.40. The van der Waals surface area contributed by atoms with Gasteiger partial charge in [0.15, 0.2) is 0 Å². The van der Waals surface area contributed by atoms with Crippen LogP contribution in [0.1, 0.15) is 25.1 Å². The van der Waals surface area contributed by atoms with Crippen LogP contribution in [0, 0.1) is 11.3 Å². The molecule has 22 heavy (non-hydrogen) atoms. The lowest BCUT2D eigenvalue weighted by Crippen LogP contribution is -2.46. The maximum atomic E-state index is 13.0. The molecule has 0 bridgehead atoms. The van der Waals surface area contributed by atoms with Gasteiger partial charge in [0.1, 0.15) is 0 Å². The molecule has 1 N–H and O–H groups in total. The molecular weight excluding hydrogens is 302 g/mol. The zero-order valence-corrected chi connectivity index (χ0v) is 13.7. The molecule has 0 unspecified atom stereocenters. The monoisotopic (exact) mass is 323 g/mol. The van der Waals surface area contributed by atoms with Crippen molar-refractivity contribution in [2.24, 2.45) is 11.3 Å². The van der Waals surface area contributed by atoms with Gasteiger partial charge >= 0.3 is 5.97 Å². The highest BCUT2D eigenvalue weighted by Crippen LogP contribution is 2.44. The molecule has 0 spiro atoms. The number of hydrogen-bond acceptors (Lipinski definition) is 4. The number of fused-ring (bicyclic) bond motifs is 1. The quantitative estimate of drug-likeness (QED) is 0.923. The fourth-order valence-electron chi connectivity index (χ4n) is 3.59. The van der Waals surface area contributed by atoms with Crippen LogP contribution in [0.15, 0.2) is 17.5 Å². The third-order valence-electron chi connectivity index (χ3n) is 5.09. The molecule has 2 aliphatic heterocycles. The van der Waals surface area contributed by atoms with Gasteiger partial charge in [-0.15, -0.1) is 11.3 Å². The Balaban J connectivity index is 1.85. The van der Waals surface area contributed by atoms with Gasteiger partial charge in [-0.3, -0.25) is 9.59 Å². The molecule has 0 aromatic carbocycles. The number of ether oxygens (including phenoxy) is 1. The van der Waals surface area contributed by atoms with Crippen molar-refractivity contribution < 1.29 is 19.4 Å². The van der Waals surface area contributed by atoms with E-state index in [1.54, 1.807) is 16.2 Å². The lowest BCUT2D eigenvalue weighted by molar-refractivity contribution is -0.157. The standard InChI is InChI=1S/C16H21NO4S/c1-15(2,12-4-3-7-22-12)13(18)17-8-11-9-21-6-5-16(11,10-17)14(19)20/h3-4,7,11H,5-6,8-10H2,1-2H3,(H,19,20)/t11-,16+/m0/s1. The van der Waals surface area contributed by atoms with E-state index in [-0.39, 0.29) is 11.8 Å². The predicted molar refractivity (Wildman–Crippen MR) is 82.9 cm³/mol. The van der Waals surface area contributed by atoms with E-state index in [1.165, 1.54) is 0 Å².